The van der Waals surface area contributed by atoms with Gasteiger partial charge in [0.05, 0.1) is 12.5 Å². The molecule has 0 N–H and O–H groups in total. The Morgan fingerprint density at radius 1 is 1.82 bits per heavy atom. The van der Waals surface area contributed by atoms with Gasteiger partial charge in [0.1, 0.15) is 0 Å². The summed E-state index contributed by atoms with van der Waals surface area (Å²) in [6.07, 6.45) is 3.87. The summed E-state index contributed by atoms with van der Waals surface area (Å²) in [5, 5.41) is 0. The highest BCUT2D eigenvalue weighted by molar-refractivity contribution is 5.73. The van der Waals surface area contributed by atoms with E-state index < -0.39 is 0 Å². The molecule has 62 valence electrons. The lowest BCUT2D eigenvalue weighted by molar-refractivity contribution is -0.147. The van der Waals surface area contributed by atoms with Crippen LogP contribution in [0.5, 0.6) is 0 Å². The van der Waals surface area contributed by atoms with Gasteiger partial charge >= 0.3 is 5.97 Å². The van der Waals surface area contributed by atoms with Gasteiger partial charge in [0.25, 0.3) is 0 Å². The third kappa shape index (κ3) is 2.07. The molecule has 0 heterocycles. The van der Waals surface area contributed by atoms with Crippen molar-refractivity contribution in [2.24, 2.45) is 5.92 Å². The van der Waals surface area contributed by atoms with Gasteiger partial charge in [0.2, 0.25) is 0 Å². The summed E-state index contributed by atoms with van der Waals surface area (Å²) in [7, 11) is 0. The molecule has 0 unspecified atom stereocenters. The van der Waals surface area contributed by atoms with E-state index in [-0.39, 0.29) is 11.9 Å². The third-order valence-electron chi connectivity index (χ3n) is 1.94. The molecule has 1 rings (SSSR count). The molecule has 0 saturated carbocycles. The average Bonchev–Trinajstić information content (AvgIpc) is 2.36. The van der Waals surface area contributed by atoms with E-state index in [1.165, 1.54) is 5.57 Å². The summed E-state index contributed by atoms with van der Waals surface area (Å²) in [6.45, 7) is 4.39. The van der Waals surface area contributed by atoms with E-state index in [4.69, 9.17) is 4.74 Å². The highest BCUT2D eigenvalue weighted by Crippen LogP contribution is 2.25. The van der Waals surface area contributed by atoms with E-state index in [9.17, 15) is 4.79 Å². The van der Waals surface area contributed by atoms with Crippen LogP contribution in [0.15, 0.2) is 11.6 Å². The Balaban J connectivity index is 2.34. The zero-order valence-corrected chi connectivity index (χ0v) is 7.09. The van der Waals surface area contributed by atoms with Crippen LogP contribution < -0.4 is 0 Å². The normalized spacial score (nSPS) is 23.1. The first kappa shape index (κ1) is 8.31. The van der Waals surface area contributed by atoms with Gasteiger partial charge in [-0.3, -0.25) is 4.79 Å². The van der Waals surface area contributed by atoms with Crippen LogP contribution in [0.1, 0.15) is 26.7 Å². The molecule has 11 heavy (non-hydrogen) atoms. The van der Waals surface area contributed by atoms with Crippen molar-refractivity contribution >= 4 is 5.97 Å². The molecule has 0 aromatic rings. The number of esters is 1. The summed E-state index contributed by atoms with van der Waals surface area (Å²) in [5.41, 5.74) is 1.31. The minimum atomic E-state index is -0.0411. The van der Waals surface area contributed by atoms with Crippen LogP contribution >= 0.6 is 0 Å². The topological polar surface area (TPSA) is 26.3 Å². The Labute approximate surface area is 67.2 Å². The van der Waals surface area contributed by atoms with Crippen molar-refractivity contribution in [3.63, 3.8) is 0 Å². The Morgan fingerprint density at radius 3 is 3.00 bits per heavy atom. The SMILES string of the molecule is CCOC(=O)[C@@H]1CC=C(C)C1. The Hall–Kier alpha value is -0.790. The van der Waals surface area contributed by atoms with Crippen LogP contribution in [-0.2, 0) is 9.53 Å². The highest BCUT2D eigenvalue weighted by Gasteiger charge is 2.22. The molecule has 1 aliphatic carbocycles. The fourth-order valence-corrected chi connectivity index (χ4v) is 1.34. The fourth-order valence-electron chi connectivity index (χ4n) is 1.34. The third-order valence-corrected chi connectivity index (χ3v) is 1.94. The number of ether oxygens (including phenoxy) is 1. The standard InChI is InChI=1S/C9H14O2/c1-3-11-9(10)8-5-4-7(2)6-8/h4,8H,3,5-6H2,1-2H3/t8-/m1/s1. The Kier molecular flexibility index (Phi) is 2.69. The summed E-state index contributed by atoms with van der Waals surface area (Å²) in [5.74, 6) is 0.0653. The number of rotatable bonds is 2. The van der Waals surface area contributed by atoms with Crippen molar-refractivity contribution in [1.29, 1.82) is 0 Å². The van der Waals surface area contributed by atoms with Crippen molar-refractivity contribution in [2.75, 3.05) is 6.61 Å². The molecule has 0 spiro atoms. The van der Waals surface area contributed by atoms with Crippen LogP contribution in [0.4, 0.5) is 0 Å². The summed E-state index contributed by atoms with van der Waals surface area (Å²) >= 11 is 0. The summed E-state index contributed by atoms with van der Waals surface area (Å²) < 4.78 is 4.90. The maximum atomic E-state index is 11.1. The van der Waals surface area contributed by atoms with Gasteiger partial charge in [-0.25, -0.2) is 0 Å². The van der Waals surface area contributed by atoms with Crippen LogP contribution in [0.25, 0.3) is 0 Å². The smallest absolute Gasteiger partial charge is 0.309 e. The van der Waals surface area contributed by atoms with Gasteiger partial charge in [-0.15, -0.1) is 0 Å². The van der Waals surface area contributed by atoms with Gasteiger partial charge < -0.3 is 4.74 Å². The number of hydrogen-bond acceptors (Lipinski definition) is 2. The molecule has 0 radical (unpaired) electrons. The predicted octanol–water partition coefficient (Wildman–Crippen LogP) is 1.91. The van der Waals surface area contributed by atoms with Crippen LogP contribution in [0, 0.1) is 5.92 Å². The van der Waals surface area contributed by atoms with Gasteiger partial charge in [-0.05, 0) is 26.7 Å². The molecule has 1 atom stereocenters. The first-order valence-corrected chi connectivity index (χ1v) is 4.06. The van der Waals surface area contributed by atoms with Gasteiger partial charge in [-0.2, -0.15) is 0 Å². The fraction of sp³-hybridized carbons (Fsp3) is 0.667. The monoisotopic (exact) mass is 154 g/mol. The second kappa shape index (κ2) is 3.56. The zero-order valence-electron chi connectivity index (χ0n) is 7.09. The molecular weight excluding hydrogens is 140 g/mol. The molecule has 0 aromatic heterocycles. The molecule has 1 aliphatic rings. The van der Waals surface area contributed by atoms with E-state index >= 15 is 0 Å². The quantitative estimate of drug-likeness (QED) is 0.448. The molecule has 2 heteroatoms. The second-order valence-electron chi connectivity index (χ2n) is 2.94. The maximum Gasteiger partial charge on any atom is 0.309 e. The van der Waals surface area contributed by atoms with Crippen molar-refractivity contribution in [3.8, 4) is 0 Å². The molecule has 0 bridgehead atoms. The molecule has 0 aliphatic heterocycles. The minimum Gasteiger partial charge on any atom is -0.466 e. The van der Waals surface area contributed by atoms with E-state index in [0.29, 0.717) is 6.61 Å². The Morgan fingerprint density at radius 2 is 2.55 bits per heavy atom. The number of carbonyl (C=O) groups is 1. The Bertz CT molecular complexity index is 182. The first-order chi connectivity index (χ1) is 5.24. The highest BCUT2D eigenvalue weighted by atomic mass is 16.5. The number of carbonyl (C=O) groups excluding carboxylic acids is 1. The largest absolute Gasteiger partial charge is 0.466 e. The van der Waals surface area contributed by atoms with Crippen LogP contribution in [0.3, 0.4) is 0 Å². The maximum absolute atomic E-state index is 11.1. The number of allylic oxidation sites excluding steroid dienone is 2. The minimum absolute atomic E-state index is 0.0411. The van der Waals surface area contributed by atoms with Crippen LogP contribution in [0.2, 0.25) is 0 Å². The summed E-state index contributed by atoms with van der Waals surface area (Å²) in [4.78, 5) is 11.1. The van der Waals surface area contributed by atoms with E-state index in [2.05, 4.69) is 13.0 Å². The van der Waals surface area contributed by atoms with Crippen molar-refractivity contribution in [1.82, 2.24) is 0 Å². The lowest BCUT2D eigenvalue weighted by Crippen LogP contribution is -2.14. The van der Waals surface area contributed by atoms with Gasteiger partial charge in [-0.1, -0.05) is 11.6 Å². The molecule has 0 amide bonds. The first-order valence-electron chi connectivity index (χ1n) is 4.06. The molecular formula is C9H14O2. The van der Waals surface area contributed by atoms with E-state index in [1.807, 2.05) is 6.92 Å². The average molecular weight is 154 g/mol. The summed E-state index contributed by atoms with van der Waals surface area (Å²) in [6, 6.07) is 0. The lowest BCUT2D eigenvalue weighted by atomic mass is 10.1. The molecule has 0 saturated heterocycles. The molecule has 0 aromatic carbocycles. The van der Waals surface area contributed by atoms with E-state index in [0.717, 1.165) is 12.8 Å². The zero-order chi connectivity index (χ0) is 8.27. The predicted molar refractivity (Wildman–Crippen MR) is 43.1 cm³/mol. The number of hydrogen-bond donors (Lipinski definition) is 0. The van der Waals surface area contributed by atoms with Crippen LogP contribution in [-0.4, -0.2) is 12.6 Å². The second-order valence-corrected chi connectivity index (χ2v) is 2.94. The van der Waals surface area contributed by atoms with Crippen molar-refractivity contribution in [2.45, 2.75) is 26.7 Å². The molecule has 2 nitrogen and oxygen atoms in total. The van der Waals surface area contributed by atoms with Crippen molar-refractivity contribution < 1.29 is 9.53 Å². The lowest BCUT2D eigenvalue weighted by Gasteiger charge is -2.07. The molecule has 0 fully saturated rings. The van der Waals surface area contributed by atoms with Gasteiger partial charge in [0.15, 0.2) is 0 Å². The van der Waals surface area contributed by atoms with Crippen molar-refractivity contribution in [3.05, 3.63) is 11.6 Å². The van der Waals surface area contributed by atoms with E-state index in [1.54, 1.807) is 0 Å². The van der Waals surface area contributed by atoms with Gasteiger partial charge in [0, 0.05) is 0 Å².